The second-order valence-electron chi connectivity index (χ2n) is 4.20. The van der Waals surface area contributed by atoms with E-state index in [0.29, 0.717) is 19.2 Å². The van der Waals surface area contributed by atoms with Crippen LogP contribution in [0.1, 0.15) is 26.7 Å². The first-order chi connectivity index (χ1) is 7.54. The Morgan fingerprint density at radius 1 is 1.50 bits per heavy atom. The minimum atomic E-state index is -0.825. The van der Waals surface area contributed by atoms with Crippen LogP contribution in [-0.4, -0.2) is 47.7 Å². The summed E-state index contributed by atoms with van der Waals surface area (Å²) in [5.41, 5.74) is 0. The van der Waals surface area contributed by atoms with Gasteiger partial charge in [-0.1, -0.05) is 6.92 Å². The second kappa shape index (κ2) is 5.84. The Kier molecular flexibility index (Phi) is 4.73. The highest BCUT2D eigenvalue weighted by Gasteiger charge is 2.32. The number of rotatable bonds is 7. The van der Waals surface area contributed by atoms with Gasteiger partial charge in [0.25, 0.3) is 0 Å². The van der Waals surface area contributed by atoms with E-state index in [1.165, 1.54) is 0 Å². The van der Waals surface area contributed by atoms with E-state index in [1.807, 2.05) is 4.90 Å². The van der Waals surface area contributed by atoms with Crippen LogP contribution < -0.4 is 0 Å². The molecule has 1 N–H and O–H groups in total. The predicted molar refractivity (Wildman–Crippen MR) is 58.0 cm³/mol. The molecule has 0 aromatic rings. The highest BCUT2D eigenvalue weighted by molar-refractivity contribution is 5.72. The van der Waals surface area contributed by atoms with Crippen molar-refractivity contribution in [3.05, 3.63) is 0 Å². The molecular formula is C11H19NO4. The molecule has 0 aliphatic heterocycles. The molecule has 1 aliphatic rings. The Morgan fingerprint density at radius 3 is 2.56 bits per heavy atom. The summed E-state index contributed by atoms with van der Waals surface area (Å²) in [4.78, 5) is 24.0. The van der Waals surface area contributed by atoms with Gasteiger partial charge in [0.15, 0.2) is 0 Å². The number of carbonyl (C=O) groups excluding carboxylic acids is 1. The molecule has 0 radical (unpaired) electrons. The van der Waals surface area contributed by atoms with Crippen molar-refractivity contribution in [3.63, 3.8) is 0 Å². The normalized spacial score (nSPS) is 17.2. The average Bonchev–Trinajstić information content (AvgIpc) is 2.99. The summed E-state index contributed by atoms with van der Waals surface area (Å²) in [6.45, 7) is 4.41. The molecule has 0 heterocycles. The topological polar surface area (TPSA) is 66.8 Å². The van der Waals surface area contributed by atoms with Crippen LogP contribution in [-0.2, 0) is 14.3 Å². The lowest BCUT2D eigenvalue weighted by atomic mass is 10.1. The van der Waals surface area contributed by atoms with Crippen LogP contribution in [0.5, 0.6) is 0 Å². The molecule has 1 rings (SSSR count). The van der Waals surface area contributed by atoms with Gasteiger partial charge in [-0.05, 0) is 19.8 Å². The molecule has 0 amide bonds. The predicted octanol–water partition coefficient (Wildman–Crippen LogP) is 0.735. The van der Waals surface area contributed by atoms with Gasteiger partial charge < -0.3 is 9.84 Å². The highest BCUT2D eigenvalue weighted by atomic mass is 16.5. The molecule has 5 heteroatoms. The van der Waals surface area contributed by atoms with E-state index < -0.39 is 11.9 Å². The Bertz CT molecular complexity index is 263. The molecule has 0 aromatic carbocycles. The molecule has 1 fully saturated rings. The van der Waals surface area contributed by atoms with E-state index in [4.69, 9.17) is 9.84 Å². The van der Waals surface area contributed by atoms with Crippen molar-refractivity contribution < 1.29 is 19.4 Å². The number of carboxylic acid groups (broad SMARTS) is 1. The van der Waals surface area contributed by atoms with Crippen LogP contribution in [0.25, 0.3) is 0 Å². The Labute approximate surface area is 95.4 Å². The molecule has 0 bridgehead atoms. The molecule has 1 saturated carbocycles. The van der Waals surface area contributed by atoms with Gasteiger partial charge in [0.2, 0.25) is 0 Å². The lowest BCUT2D eigenvalue weighted by Gasteiger charge is -2.22. The quantitative estimate of drug-likeness (QED) is 0.652. The fraction of sp³-hybridized carbons (Fsp3) is 0.818. The summed E-state index contributed by atoms with van der Waals surface area (Å²) < 4.78 is 4.86. The lowest BCUT2D eigenvalue weighted by molar-refractivity contribution is -0.147. The zero-order valence-corrected chi connectivity index (χ0v) is 9.81. The van der Waals surface area contributed by atoms with Gasteiger partial charge in [-0.25, -0.2) is 0 Å². The first-order valence-corrected chi connectivity index (χ1v) is 5.67. The second-order valence-corrected chi connectivity index (χ2v) is 4.20. The summed E-state index contributed by atoms with van der Waals surface area (Å²) in [6.07, 6.45) is 2.09. The first-order valence-electron chi connectivity index (χ1n) is 5.67. The molecule has 92 valence electrons. The number of ether oxygens (including phenoxy) is 1. The van der Waals surface area contributed by atoms with Crippen molar-refractivity contribution >= 4 is 11.9 Å². The van der Waals surface area contributed by atoms with Crippen molar-refractivity contribution in [2.75, 3.05) is 19.7 Å². The molecule has 1 aliphatic carbocycles. The summed E-state index contributed by atoms with van der Waals surface area (Å²) in [5, 5.41) is 8.83. The molecule has 5 nitrogen and oxygen atoms in total. The zero-order chi connectivity index (χ0) is 12.1. The zero-order valence-electron chi connectivity index (χ0n) is 9.81. The third-order valence-corrected chi connectivity index (χ3v) is 2.63. The Balaban J connectivity index is 2.41. The third-order valence-electron chi connectivity index (χ3n) is 2.63. The first kappa shape index (κ1) is 13.0. The van der Waals surface area contributed by atoms with Gasteiger partial charge in [-0.15, -0.1) is 0 Å². The number of aliphatic carboxylic acids is 1. The monoisotopic (exact) mass is 229 g/mol. The van der Waals surface area contributed by atoms with E-state index >= 15 is 0 Å². The largest absolute Gasteiger partial charge is 0.481 e. The van der Waals surface area contributed by atoms with Crippen molar-refractivity contribution in [2.45, 2.75) is 32.7 Å². The summed E-state index contributed by atoms with van der Waals surface area (Å²) in [6, 6.07) is 0.367. The summed E-state index contributed by atoms with van der Waals surface area (Å²) in [7, 11) is 0. The van der Waals surface area contributed by atoms with Crippen LogP contribution in [0.3, 0.4) is 0 Å². The number of carbonyl (C=O) groups is 2. The summed E-state index contributed by atoms with van der Waals surface area (Å²) >= 11 is 0. The van der Waals surface area contributed by atoms with Gasteiger partial charge in [-0.2, -0.15) is 0 Å². The maximum Gasteiger partial charge on any atom is 0.320 e. The molecule has 0 saturated heterocycles. The SMILES string of the molecule is CCOC(=O)CN(CC(C)C(=O)O)C1CC1. The van der Waals surface area contributed by atoms with Gasteiger partial charge in [0, 0.05) is 12.6 Å². The number of esters is 1. The van der Waals surface area contributed by atoms with Crippen molar-refractivity contribution in [3.8, 4) is 0 Å². The molecule has 0 spiro atoms. The maximum atomic E-state index is 11.3. The van der Waals surface area contributed by atoms with Crippen LogP contribution in [0.15, 0.2) is 0 Å². The maximum absolute atomic E-state index is 11.3. The third kappa shape index (κ3) is 4.18. The number of hydrogen-bond donors (Lipinski definition) is 1. The minimum absolute atomic E-state index is 0.204. The molecule has 16 heavy (non-hydrogen) atoms. The lowest BCUT2D eigenvalue weighted by Crippen LogP contribution is -2.38. The summed E-state index contributed by atoms with van der Waals surface area (Å²) in [5.74, 6) is -1.54. The van der Waals surface area contributed by atoms with Crippen LogP contribution in [0.4, 0.5) is 0 Å². The van der Waals surface area contributed by atoms with Gasteiger partial charge in [0.1, 0.15) is 0 Å². The average molecular weight is 229 g/mol. The van der Waals surface area contributed by atoms with Crippen LogP contribution >= 0.6 is 0 Å². The van der Waals surface area contributed by atoms with Gasteiger partial charge >= 0.3 is 11.9 Å². The van der Waals surface area contributed by atoms with Crippen LogP contribution in [0.2, 0.25) is 0 Å². The Hall–Kier alpha value is -1.10. The molecule has 1 atom stereocenters. The van der Waals surface area contributed by atoms with E-state index in [2.05, 4.69) is 0 Å². The van der Waals surface area contributed by atoms with E-state index in [1.54, 1.807) is 13.8 Å². The van der Waals surface area contributed by atoms with Crippen molar-refractivity contribution in [1.29, 1.82) is 0 Å². The van der Waals surface area contributed by atoms with Gasteiger partial charge in [-0.3, -0.25) is 14.5 Å². The number of nitrogens with zero attached hydrogens (tertiary/aromatic N) is 1. The van der Waals surface area contributed by atoms with Crippen molar-refractivity contribution in [2.24, 2.45) is 5.92 Å². The van der Waals surface area contributed by atoms with E-state index in [9.17, 15) is 9.59 Å². The molecular weight excluding hydrogens is 210 g/mol. The van der Waals surface area contributed by atoms with Crippen LogP contribution in [0, 0.1) is 5.92 Å². The number of hydrogen-bond acceptors (Lipinski definition) is 4. The smallest absolute Gasteiger partial charge is 0.320 e. The number of carboxylic acids is 1. The molecule has 0 aromatic heterocycles. The molecule has 1 unspecified atom stereocenters. The van der Waals surface area contributed by atoms with Crippen molar-refractivity contribution in [1.82, 2.24) is 4.90 Å². The fourth-order valence-electron chi connectivity index (χ4n) is 1.58. The standard InChI is InChI=1S/C11H19NO4/c1-3-16-10(13)7-12(9-4-5-9)6-8(2)11(14)15/h8-9H,3-7H2,1-2H3,(H,14,15). The van der Waals surface area contributed by atoms with Gasteiger partial charge in [0.05, 0.1) is 19.1 Å². The van der Waals surface area contributed by atoms with E-state index in [0.717, 1.165) is 12.8 Å². The Morgan fingerprint density at radius 2 is 2.12 bits per heavy atom. The minimum Gasteiger partial charge on any atom is -0.481 e. The fourth-order valence-corrected chi connectivity index (χ4v) is 1.58. The van der Waals surface area contributed by atoms with E-state index in [-0.39, 0.29) is 12.5 Å². The highest BCUT2D eigenvalue weighted by Crippen LogP contribution is 2.27.